The highest BCUT2D eigenvalue weighted by Gasteiger charge is 2.43. The molecule has 4 rings (SSSR count). The maximum Gasteiger partial charge on any atom is 0.387 e. The van der Waals surface area contributed by atoms with Gasteiger partial charge in [-0.2, -0.15) is 8.78 Å². The number of amides is 1. The fourth-order valence-electron chi connectivity index (χ4n) is 4.36. The molecule has 2 aliphatic rings. The van der Waals surface area contributed by atoms with Gasteiger partial charge in [0.05, 0.1) is 28.4 Å². The Bertz CT molecular complexity index is 1080. The van der Waals surface area contributed by atoms with E-state index in [4.69, 9.17) is 21.7 Å². The van der Waals surface area contributed by atoms with Crippen LogP contribution in [0.4, 0.5) is 20.2 Å². The predicted molar refractivity (Wildman–Crippen MR) is 134 cm³/mol. The monoisotopic (exact) mass is 604 g/mol. The summed E-state index contributed by atoms with van der Waals surface area (Å²) < 4.78 is 36.6. The predicted octanol–water partition coefficient (Wildman–Crippen LogP) is 5.44. The maximum atomic E-state index is 13.1. The highest BCUT2D eigenvalue weighted by Crippen LogP contribution is 2.40. The summed E-state index contributed by atoms with van der Waals surface area (Å²) in [6, 6.07) is 10.1. The summed E-state index contributed by atoms with van der Waals surface area (Å²) in [7, 11) is 0. The second-order valence-corrected chi connectivity index (χ2v) is 10.0. The van der Waals surface area contributed by atoms with Gasteiger partial charge in [-0.15, -0.1) is 0 Å². The van der Waals surface area contributed by atoms with Gasteiger partial charge in [-0.1, -0.05) is 23.7 Å². The Balaban J connectivity index is 1.60. The number of nitrogens with one attached hydrogen (secondary N) is 3. The van der Waals surface area contributed by atoms with Gasteiger partial charge in [0.2, 0.25) is 5.91 Å². The van der Waals surface area contributed by atoms with Crippen LogP contribution < -0.4 is 15.4 Å². The highest BCUT2D eigenvalue weighted by atomic mass is 127. The standard InChI is InChI=1S/C23H24ClF2IN4O3/c1-23(12-19(32)31(22(28)30-23)14-7-9-33-10-8-14)15-3-2-4-17(20(15)24)29-16-6-5-13(27)11-18(16)34-21(25)26/h2-6,11,14,21,29H,7-10,12H2,1H3,(H2,28,30)/t23-/m0/s1. The quantitative estimate of drug-likeness (QED) is 0.383. The zero-order valence-corrected chi connectivity index (χ0v) is 21.3. The van der Waals surface area contributed by atoms with E-state index in [1.807, 2.05) is 29.5 Å². The van der Waals surface area contributed by atoms with Gasteiger partial charge in [0.25, 0.3) is 0 Å². The van der Waals surface area contributed by atoms with Gasteiger partial charge >= 0.3 is 6.61 Å². The van der Waals surface area contributed by atoms with Crippen LogP contribution >= 0.6 is 34.2 Å². The van der Waals surface area contributed by atoms with Crippen molar-refractivity contribution in [3.8, 4) is 5.75 Å². The molecule has 0 bridgehead atoms. The minimum absolute atomic E-state index is 0.00516. The number of anilines is 2. The molecule has 1 atom stereocenters. The van der Waals surface area contributed by atoms with Crippen molar-refractivity contribution in [2.45, 2.75) is 44.4 Å². The first-order valence-electron chi connectivity index (χ1n) is 10.7. The van der Waals surface area contributed by atoms with Crippen LogP contribution in [0.15, 0.2) is 36.4 Å². The normalized spacial score (nSPS) is 21.5. The third-order valence-corrected chi connectivity index (χ3v) is 7.07. The Kier molecular flexibility index (Phi) is 7.48. The van der Waals surface area contributed by atoms with Crippen molar-refractivity contribution in [1.29, 1.82) is 5.41 Å². The molecule has 0 aromatic heterocycles. The number of hydrogen-bond donors (Lipinski definition) is 3. The van der Waals surface area contributed by atoms with Gasteiger partial charge in [0, 0.05) is 22.8 Å². The van der Waals surface area contributed by atoms with Crippen molar-refractivity contribution >= 4 is 57.4 Å². The summed E-state index contributed by atoms with van der Waals surface area (Å²) in [4.78, 5) is 14.6. The number of guanidine groups is 1. The molecule has 0 radical (unpaired) electrons. The molecule has 2 aromatic carbocycles. The molecular weight excluding hydrogens is 581 g/mol. The molecule has 11 heteroatoms. The van der Waals surface area contributed by atoms with E-state index < -0.39 is 12.2 Å². The summed E-state index contributed by atoms with van der Waals surface area (Å²) in [6.45, 7) is -0.0217. The molecule has 0 spiro atoms. The molecule has 0 unspecified atom stereocenters. The van der Waals surface area contributed by atoms with E-state index in [0.717, 1.165) is 3.57 Å². The van der Waals surface area contributed by atoms with Crippen molar-refractivity contribution in [2.24, 2.45) is 0 Å². The molecule has 2 heterocycles. The number of halogens is 4. The van der Waals surface area contributed by atoms with Crippen LogP contribution in [0, 0.1) is 8.98 Å². The van der Waals surface area contributed by atoms with Crippen molar-refractivity contribution in [1.82, 2.24) is 10.2 Å². The largest absolute Gasteiger partial charge is 0.433 e. The van der Waals surface area contributed by atoms with Crippen LogP contribution in [0.1, 0.15) is 31.7 Å². The van der Waals surface area contributed by atoms with Gasteiger partial charge < -0.3 is 20.1 Å². The molecule has 7 nitrogen and oxygen atoms in total. The summed E-state index contributed by atoms with van der Waals surface area (Å²) in [5.41, 5.74) is 0.494. The first-order chi connectivity index (χ1) is 16.2. The van der Waals surface area contributed by atoms with Gasteiger partial charge in [-0.05, 0) is 72.2 Å². The molecule has 2 aromatic rings. The zero-order valence-electron chi connectivity index (χ0n) is 18.3. The maximum absolute atomic E-state index is 13.1. The molecule has 2 fully saturated rings. The second-order valence-electron chi connectivity index (χ2n) is 8.40. The number of benzene rings is 2. The van der Waals surface area contributed by atoms with Gasteiger partial charge in [0.1, 0.15) is 0 Å². The topological polar surface area (TPSA) is 86.7 Å². The third-order valence-electron chi connectivity index (χ3n) is 5.99. The smallest absolute Gasteiger partial charge is 0.387 e. The molecule has 182 valence electrons. The summed E-state index contributed by atoms with van der Waals surface area (Å²) in [5.74, 6) is -0.127. The average Bonchev–Trinajstić information content (AvgIpc) is 2.76. The van der Waals surface area contributed by atoms with Gasteiger partial charge in [-0.25, -0.2) is 0 Å². The Hall–Kier alpha value is -2.18. The van der Waals surface area contributed by atoms with E-state index in [2.05, 4.69) is 15.4 Å². The van der Waals surface area contributed by atoms with Crippen molar-refractivity contribution < 1.29 is 23.0 Å². The first kappa shape index (κ1) is 24.9. The number of alkyl halides is 2. The van der Waals surface area contributed by atoms with E-state index in [9.17, 15) is 13.6 Å². The van der Waals surface area contributed by atoms with E-state index in [1.165, 1.54) is 11.0 Å². The number of nitrogens with zero attached hydrogens (tertiary/aromatic N) is 1. The minimum atomic E-state index is -2.97. The van der Waals surface area contributed by atoms with Crippen molar-refractivity contribution in [3.63, 3.8) is 0 Å². The lowest BCUT2D eigenvalue weighted by Crippen LogP contribution is -2.62. The highest BCUT2D eigenvalue weighted by molar-refractivity contribution is 14.1. The Morgan fingerprint density at radius 2 is 2.03 bits per heavy atom. The van der Waals surface area contributed by atoms with E-state index in [0.29, 0.717) is 48.0 Å². The lowest BCUT2D eigenvalue weighted by atomic mass is 9.85. The van der Waals surface area contributed by atoms with E-state index >= 15 is 0 Å². The van der Waals surface area contributed by atoms with Crippen LogP contribution in [0.25, 0.3) is 0 Å². The summed E-state index contributed by atoms with van der Waals surface area (Å²) in [6.07, 6.45) is 1.48. The molecule has 1 amide bonds. The minimum Gasteiger partial charge on any atom is -0.433 e. The lowest BCUT2D eigenvalue weighted by Gasteiger charge is -2.45. The Labute approximate surface area is 214 Å². The molecule has 2 saturated heterocycles. The van der Waals surface area contributed by atoms with Crippen LogP contribution in [-0.4, -0.2) is 42.6 Å². The van der Waals surface area contributed by atoms with Gasteiger partial charge in [0.15, 0.2) is 11.7 Å². The second kappa shape index (κ2) is 10.2. The molecule has 34 heavy (non-hydrogen) atoms. The van der Waals surface area contributed by atoms with Crippen molar-refractivity contribution in [2.75, 3.05) is 18.5 Å². The lowest BCUT2D eigenvalue weighted by molar-refractivity contribution is -0.133. The zero-order chi connectivity index (χ0) is 24.5. The number of ether oxygens (including phenoxy) is 2. The molecule has 3 N–H and O–H groups in total. The van der Waals surface area contributed by atoms with E-state index in [1.54, 1.807) is 30.3 Å². The summed E-state index contributed by atoms with van der Waals surface area (Å²) >= 11 is 8.76. The van der Waals surface area contributed by atoms with Gasteiger partial charge in [-0.3, -0.25) is 15.1 Å². The Morgan fingerprint density at radius 3 is 2.71 bits per heavy atom. The number of rotatable bonds is 6. The number of hydrogen-bond acceptors (Lipinski definition) is 5. The SMILES string of the molecule is C[C@@]1(c2cccc(Nc3ccc(I)cc3OC(F)F)c2Cl)CC(=O)N(C2CCOCC2)C(=N)N1. The molecule has 0 aliphatic carbocycles. The number of carbonyl (C=O) groups is 1. The van der Waals surface area contributed by atoms with Crippen molar-refractivity contribution in [3.05, 3.63) is 50.6 Å². The third kappa shape index (κ3) is 5.23. The Morgan fingerprint density at radius 1 is 1.29 bits per heavy atom. The fourth-order valence-corrected chi connectivity index (χ4v) is 5.21. The molecule has 0 saturated carbocycles. The number of carbonyl (C=O) groups excluding carboxylic acids is 1. The van der Waals surface area contributed by atoms with Crippen LogP contribution in [0.5, 0.6) is 5.75 Å². The molecular formula is C23H24ClF2IN4O3. The van der Waals surface area contributed by atoms with Crippen LogP contribution in [0.2, 0.25) is 5.02 Å². The van der Waals surface area contributed by atoms with Crippen LogP contribution in [0.3, 0.4) is 0 Å². The molecule has 2 aliphatic heterocycles. The van der Waals surface area contributed by atoms with E-state index in [-0.39, 0.29) is 30.1 Å². The first-order valence-corrected chi connectivity index (χ1v) is 12.2. The van der Waals surface area contributed by atoms with Crippen LogP contribution in [-0.2, 0) is 15.1 Å². The average molecular weight is 605 g/mol. The summed E-state index contributed by atoms with van der Waals surface area (Å²) in [5, 5.41) is 15.1. The fraction of sp³-hybridized carbons (Fsp3) is 0.391.